The highest BCUT2D eigenvalue weighted by molar-refractivity contribution is 7.12. The van der Waals surface area contributed by atoms with E-state index in [1.807, 2.05) is 0 Å². The number of hydrogen-bond acceptors (Lipinski definition) is 6. The molecule has 0 unspecified atom stereocenters. The van der Waals surface area contributed by atoms with Crippen LogP contribution in [0.2, 0.25) is 0 Å². The molecule has 1 heterocycles. The second kappa shape index (κ2) is 8.53. The van der Waals surface area contributed by atoms with Gasteiger partial charge < -0.3 is 15.4 Å². The minimum atomic E-state index is -0.528. The van der Waals surface area contributed by atoms with E-state index in [4.69, 9.17) is 4.74 Å². The van der Waals surface area contributed by atoms with Gasteiger partial charge in [0.2, 0.25) is 0 Å². The molecule has 1 aromatic heterocycles. The Morgan fingerprint density at radius 1 is 1.07 bits per heavy atom. The Morgan fingerprint density at radius 3 is 2.52 bits per heavy atom. The van der Waals surface area contributed by atoms with E-state index in [-0.39, 0.29) is 17.2 Å². The number of thiophene rings is 1. The van der Waals surface area contributed by atoms with E-state index in [0.717, 1.165) is 0 Å². The standard InChI is InChI=1S/C20H17N3O5S/c1-12-5-6-13(10-16(12)23(26)27)19(24)21-14-7-8-15(17(11-14)28-2)22-20(25)18-4-3-9-29-18/h3-11H,1-2H3,(H,21,24)(H,22,25). The van der Waals surface area contributed by atoms with Gasteiger partial charge in [-0.3, -0.25) is 19.7 Å². The highest BCUT2D eigenvalue weighted by Crippen LogP contribution is 2.29. The zero-order valence-corrected chi connectivity index (χ0v) is 16.4. The second-order valence-corrected chi connectivity index (χ2v) is 7.01. The van der Waals surface area contributed by atoms with Crippen molar-refractivity contribution in [3.63, 3.8) is 0 Å². The van der Waals surface area contributed by atoms with Gasteiger partial charge in [0.05, 0.1) is 22.6 Å². The average molecular weight is 411 g/mol. The molecule has 8 nitrogen and oxygen atoms in total. The van der Waals surface area contributed by atoms with Crippen molar-refractivity contribution < 1.29 is 19.2 Å². The number of carbonyl (C=O) groups is 2. The van der Waals surface area contributed by atoms with Gasteiger partial charge in [-0.1, -0.05) is 12.1 Å². The van der Waals surface area contributed by atoms with Crippen molar-refractivity contribution in [1.82, 2.24) is 0 Å². The van der Waals surface area contributed by atoms with Gasteiger partial charge in [0.15, 0.2) is 0 Å². The van der Waals surface area contributed by atoms with Crippen molar-refractivity contribution in [2.24, 2.45) is 0 Å². The number of nitro benzene ring substituents is 1. The van der Waals surface area contributed by atoms with E-state index in [1.165, 1.54) is 36.6 Å². The highest BCUT2D eigenvalue weighted by Gasteiger charge is 2.16. The molecule has 0 spiro atoms. The Labute approximate surface area is 170 Å². The maximum Gasteiger partial charge on any atom is 0.273 e. The maximum atomic E-state index is 12.5. The third kappa shape index (κ3) is 4.58. The summed E-state index contributed by atoms with van der Waals surface area (Å²) in [5.41, 5.74) is 1.39. The molecule has 29 heavy (non-hydrogen) atoms. The molecule has 2 amide bonds. The number of aryl methyl sites for hydroxylation is 1. The fourth-order valence-corrected chi connectivity index (χ4v) is 3.23. The predicted octanol–water partition coefficient (Wildman–Crippen LogP) is 4.48. The third-order valence-electron chi connectivity index (χ3n) is 4.12. The molecule has 2 aromatic carbocycles. The van der Waals surface area contributed by atoms with Gasteiger partial charge in [-0.05, 0) is 36.6 Å². The lowest BCUT2D eigenvalue weighted by atomic mass is 10.1. The summed E-state index contributed by atoms with van der Waals surface area (Å²) in [4.78, 5) is 35.8. The molecule has 148 valence electrons. The van der Waals surface area contributed by atoms with Crippen LogP contribution in [-0.4, -0.2) is 23.8 Å². The second-order valence-electron chi connectivity index (χ2n) is 6.06. The molecule has 3 rings (SSSR count). The van der Waals surface area contributed by atoms with E-state index in [1.54, 1.807) is 42.6 Å². The van der Waals surface area contributed by atoms with E-state index in [9.17, 15) is 19.7 Å². The van der Waals surface area contributed by atoms with Crippen LogP contribution in [0.5, 0.6) is 5.75 Å². The van der Waals surface area contributed by atoms with Crippen molar-refractivity contribution in [1.29, 1.82) is 0 Å². The minimum absolute atomic E-state index is 0.123. The zero-order chi connectivity index (χ0) is 21.0. The van der Waals surface area contributed by atoms with Crippen molar-refractivity contribution in [2.75, 3.05) is 17.7 Å². The molecule has 0 aliphatic heterocycles. The number of hydrogen-bond donors (Lipinski definition) is 2. The summed E-state index contributed by atoms with van der Waals surface area (Å²) >= 11 is 1.32. The molecule has 0 bridgehead atoms. The van der Waals surface area contributed by atoms with Crippen LogP contribution in [0.3, 0.4) is 0 Å². The summed E-state index contributed by atoms with van der Waals surface area (Å²) in [7, 11) is 1.45. The van der Waals surface area contributed by atoms with Crippen LogP contribution < -0.4 is 15.4 Å². The van der Waals surface area contributed by atoms with Crippen molar-refractivity contribution >= 4 is 40.2 Å². The lowest BCUT2D eigenvalue weighted by molar-refractivity contribution is -0.385. The normalized spacial score (nSPS) is 10.3. The van der Waals surface area contributed by atoms with Crippen LogP contribution in [0.25, 0.3) is 0 Å². The maximum absolute atomic E-state index is 12.5. The number of benzene rings is 2. The van der Waals surface area contributed by atoms with Gasteiger partial charge >= 0.3 is 0 Å². The first-order valence-electron chi connectivity index (χ1n) is 8.48. The fraction of sp³-hybridized carbons (Fsp3) is 0.100. The molecule has 0 saturated carbocycles. The molecule has 3 aromatic rings. The lowest BCUT2D eigenvalue weighted by Crippen LogP contribution is -2.14. The first-order valence-corrected chi connectivity index (χ1v) is 9.36. The number of ether oxygens (including phenoxy) is 1. The molecule has 0 aliphatic carbocycles. The zero-order valence-electron chi connectivity index (χ0n) is 15.6. The quantitative estimate of drug-likeness (QED) is 0.459. The van der Waals surface area contributed by atoms with Crippen LogP contribution in [0.15, 0.2) is 53.9 Å². The monoisotopic (exact) mass is 411 g/mol. The van der Waals surface area contributed by atoms with Crippen LogP contribution in [0.4, 0.5) is 17.1 Å². The average Bonchev–Trinajstić information content (AvgIpc) is 3.24. The van der Waals surface area contributed by atoms with Crippen molar-refractivity contribution in [3.8, 4) is 5.75 Å². The van der Waals surface area contributed by atoms with Crippen molar-refractivity contribution in [2.45, 2.75) is 6.92 Å². The number of amides is 2. The van der Waals surface area contributed by atoms with E-state index in [0.29, 0.717) is 27.6 Å². The first kappa shape index (κ1) is 20.0. The Bertz CT molecular complexity index is 1080. The molecule has 2 N–H and O–H groups in total. The fourth-order valence-electron chi connectivity index (χ4n) is 2.61. The smallest absolute Gasteiger partial charge is 0.273 e. The molecule has 0 radical (unpaired) electrons. The van der Waals surface area contributed by atoms with Crippen LogP contribution >= 0.6 is 11.3 Å². The number of anilines is 2. The highest BCUT2D eigenvalue weighted by atomic mass is 32.1. The summed E-state index contributed by atoms with van der Waals surface area (Å²) in [5.74, 6) is -0.393. The topological polar surface area (TPSA) is 111 Å². The number of nitrogens with zero attached hydrogens (tertiary/aromatic N) is 1. The number of methoxy groups -OCH3 is 1. The molecule has 0 fully saturated rings. The molecule has 0 aliphatic rings. The molecule has 0 atom stereocenters. The third-order valence-corrected chi connectivity index (χ3v) is 4.99. The molecular weight excluding hydrogens is 394 g/mol. The van der Waals surface area contributed by atoms with Crippen molar-refractivity contribution in [3.05, 3.63) is 80.0 Å². The Hall–Kier alpha value is -3.72. The number of nitro groups is 1. The largest absolute Gasteiger partial charge is 0.494 e. The Morgan fingerprint density at radius 2 is 1.86 bits per heavy atom. The number of carbonyl (C=O) groups excluding carboxylic acids is 2. The summed E-state index contributed by atoms with van der Waals surface area (Å²) in [6.45, 7) is 1.61. The molecule has 0 saturated heterocycles. The summed E-state index contributed by atoms with van der Waals surface area (Å²) in [5, 5.41) is 18.3. The summed E-state index contributed by atoms with van der Waals surface area (Å²) < 4.78 is 5.31. The van der Waals surface area contributed by atoms with Gasteiger partial charge in [-0.25, -0.2) is 0 Å². The number of nitrogens with one attached hydrogen (secondary N) is 2. The lowest BCUT2D eigenvalue weighted by Gasteiger charge is -2.12. The first-order chi connectivity index (χ1) is 13.9. The van der Waals surface area contributed by atoms with Gasteiger partial charge in [-0.2, -0.15) is 0 Å². The van der Waals surface area contributed by atoms with E-state index < -0.39 is 10.8 Å². The van der Waals surface area contributed by atoms with Crippen LogP contribution in [0.1, 0.15) is 25.6 Å². The number of rotatable bonds is 6. The van der Waals surface area contributed by atoms with Gasteiger partial charge in [0.1, 0.15) is 5.75 Å². The van der Waals surface area contributed by atoms with Gasteiger partial charge in [0, 0.05) is 28.9 Å². The van der Waals surface area contributed by atoms with E-state index >= 15 is 0 Å². The van der Waals surface area contributed by atoms with Gasteiger partial charge in [0.25, 0.3) is 17.5 Å². The van der Waals surface area contributed by atoms with Gasteiger partial charge in [-0.15, -0.1) is 11.3 Å². The van der Waals surface area contributed by atoms with Crippen LogP contribution in [-0.2, 0) is 0 Å². The predicted molar refractivity (Wildman–Crippen MR) is 111 cm³/mol. The SMILES string of the molecule is COc1cc(NC(=O)c2ccc(C)c([N+](=O)[O-])c2)ccc1NC(=O)c1cccs1. The molecular formula is C20H17N3O5S. The Kier molecular flexibility index (Phi) is 5.89. The molecule has 9 heteroatoms. The van der Waals surface area contributed by atoms with Crippen LogP contribution in [0, 0.1) is 17.0 Å². The minimum Gasteiger partial charge on any atom is -0.494 e. The Balaban J connectivity index is 1.78. The van der Waals surface area contributed by atoms with E-state index in [2.05, 4.69) is 10.6 Å². The summed E-state index contributed by atoms with van der Waals surface area (Å²) in [6, 6.07) is 12.5. The summed E-state index contributed by atoms with van der Waals surface area (Å²) in [6.07, 6.45) is 0.